The summed E-state index contributed by atoms with van der Waals surface area (Å²) in [5.74, 6) is -1.65. The van der Waals surface area contributed by atoms with Gasteiger partial charge >= 0.3 is 5.97 Å². The van der Waals surface area contributed by atoms with Gasteiger partial charge in [0.25, 0.3) is 11.8 Å². The number of aromatic nitrogens is 1. The van der Waals surface area contributed by atoms with E-state index in [0.717, 1.165) is 22.0 Å². The van der Waals surface area contributed by atoms with E-state index in [9.17, 15) is 14.4 Å². The number of rotatable bonds is 4. The smallest absolute Gasteiger partial charge is 0.337 e. The van der Waals surface area contributed by atoms with Crippen molar-refractivity contribution in [1.82, 2.24) is 9.88 Å². The van der Waals surface area contributed by atoms with E-state index in [-0.39, 0.29) is 26.4 Å². The number of ether oxygens (including phenoxy) is 1. The van der Waals surface area contributed by atoms with Crippen LogP contribution in [0.3, 0.4) is 0 Å². The third-order valence-corrected chi connectivity index (χ3v) is 6.68. The second-order valence-corrected chi connectivity index (χ2v) is 8.90. The van der Waals surface area contributed by atoms with Crippen LogP contribution in [0.1, 0.15) is 27.3 Å². The Hall–Kier alpha value is -3.46. The first-order chi connectivity index (χ1) is 16.6. The lowest BCUT2D eigenvalue weighted by molar-refractivity contribution is -0.122. The molecule has 2 heterocycles. The summed E-state index contributed by atoms with van der Waals surface area (Å²) in [6.45, 7) is 3.77. The quantitative estimate of drug-likeness (QED) is 0.223. The third kappa shape index (κ3) is 4.48. The van der Waals surface area contributed by atoms with Gasteiger partial charge in [0, 0.05) is 17.1 Å². The third-order valence-electron chi connectivity index (χ3n) is 5.59. The lowest BCUT2D eigenvalue weighted by atomic mass is 10.1. The number of aryl methyl sites for hydroxylation is 1. The normalized spacial score (nSPS) is 14.9. The summed E-state index contributed by atoms with van der Waals surface area (Å²) < 4.78 is 6.70. The van der Waals surface area contributed by atoms with Crippen molar-refractivity contribution >= 4 is 70.1 Å². The highest BCUT2D eigenvalue weighted by Crippen LogP contribution is 2.34. The zero-order chi connectivity index (χ0) is 25.4. The van der Waals surface area contributed by atoms with E-state index in [1.807, 2.05) is 24.5 Å². The van der Waals surface area contributed by atoms with E-state index in [1.54, 1.807) is 42.5 Å². The number of esters is 1. The molecular formula is C25H19Cl2N3O4S. The number of thiocarbonyl (C=S) groups is 1. The van der Waals surface area contributed by atoms with Crippen molar-refractivity contribution in [2.75, 3.05) is 12.0 Å². The maximum atomic E-state index is 13.4. The molecule has 10 heteroatoms. The highest BCUT2D eigenvalue weighted by Gasteiger charge is 2.36. The van der Waals surface area contributed by atoms with Crippen LogP contribution in [0, 0.1) is 13.8 Å². The first-order valence-electron chi connectivity index (χ1n) is 10.4. The predicted molar refractivity (Wildman–Crippen MR) is 139 cm³/mol. The molecule has 0 saturated carbocycles. The summed E-state index contributed by atoms with van der Waals surface area (Å²) in [7, 11) is 1.33. The molecule has 7 nitrogen and oxygen atoms in total. The van der Waals surface area contributed by atoms with Crippen LogP contribution in [0.15, 0.2) is 54.1 Å². The first-order valence-corrected chi connectivity index (χ1v) is 11.5. The summed E-state index contributed by atoms with van der Waals surface area (Å²) in [6.07, 6.45) is 1.52. The molecule has 0 atom stereocenters. The average molecular weight is 528 g/mol. The van der Waals surface area contributed by atoms with Gasteiger partial charge in [-0.2, -0.15) is 0 Å². The molecule has 1 aliphatic heterocycles. The molecule has 1 fully saturated rings. The Morgan fingerprint density at radius 3 is 2.43 bits per heavy atom. The van der Waals surface area contributed by atoms with Crippen LogP contribution in [0.4, 0.5) is 5.69 Å². The molecule has 4 rings (SSSR count). The van der Waals surface area contributed by atoms with Gasteiger partial charge < -0.3 is 9.30 Å². The Morgan fingerprint density at radius 2 is 1.77 bits per heavy atom. The van der Waals surface area contributed by atoms with Crippen molar-refractivity contribution in [2.45, 2.75) is 13.8 Å². The summed E-state index contributed by atoms with van der Waals surface area (Å²) in [5, 5.41) is 2.86. The zero-order valence-electron chi connectivity index (χ0n) is 18.9. The van der Waals surface area contributed by atoms with E-state index >= 15 is 0 Å². The number of carbonyl (C=O) groups is 3. The summed E-state index contributed by atoms with van der Waals surface area (Å²) in [6, 6.07) is 13.6. The van der Waals surface area contributed by atoms with Crippen LogP contribution in [0.5, 0.6) is 0 Å². The van der Waals surface area contributed by atoms with Crippen molar-refractivity contribution in [3.8, 4) is 5.69 Å². The molecule has 1 aromatic heterocycles. The van der Waals surface area contributed by atoms with Crippen molar-refractivity contribution in [3.63, 3.8) is 0 Å². The van der Waals surface area contributed by atoms with E-state index in [4.69, 9.17) is 40.2 Å². The molecule has 2 aromatic carbocycles. The van der Waals surface area contributed by atoms with Gasteiger partial charge in [-0.05, 0) is 80.2 Å². The van der Waals surface area contributed by atoms with Gasteiger partial charge in [-0.1, -0.05) is 29.3 Å². The van der Waals surface area contributed by atoms with Gasteiger partial charge in [0.15, 0.2) is 5.11 Å². The van der Waals surface area contributed by atoms with Crippen molar-refractivity contribution in [1.29, 1.82) is 0 Å². The highest BCUT2D eigenvalue weighted by atomic mass is 35.5. The number of benzene rings is 2. The molecule has 35 heavy (non-hydrogen) atoms. The SMILES string of the molecule is COC(=O)c1ccc(-n2c(C)cc(/C=C3\C(=O)NC(=S)N(c4cccc(Cl)c4Cl)C3=O)c2C)cc1. The van der Waals surface area contributed by atoms with Gasteiger partial charge in [0.05, 0.1) is 28.4 Å². The van der Waals surface area contributed by atoms with Crippen molar-refractivity contribution in [2.24, 2.45) is 0 Å². The monoisotopic (exact) mass is 527 g/mol. The minimum atomic E-state index is -0.616. The number of halogens is 2. The van der Waals surface area contributed by atoms with Crippen LogP contribution in [0.25, 0.3) is 11.8 Å². The molecular weight excluding hydrogens is 509 g/mol. The van der Waals surface area contributed by atoms with E-state index < -0.39 is 17.8 Å². The number of amides is 2. The molecule has 0 aliphatic carbocycles. The van der Waals surface area contributed by atoms with Crippen molar-refractivity contribution in [3.05, 3.63) is 86.7 Å². The number of hydrogen-bond donors (Lipinski definition) is 1. The first kappa shape index (κ1) is 24.7. The number of hydrogen-bond acceptors (Lipinski definition) is 5. The van der Waals surface area contributed by atoms with Gasteiger partial charge in [0.1, 0.15) is 5.57 Å². The molecule has 0 spiro atoms. The number of anilines is 1. The van der Waals surface area contributed by atoms with E-state index in [0.29, 0.717) is 11.1 Å². The number of nitrogens with zero attached hydrogens (tertiary/aromatic N) is 2. The molecule has 2 amide bonds. The Kier molecular flexibility index (Phi) is 6.80. The minimum absolute atomic E-state index is 0.0857. The van der Waals surface area contributed by atoms with Crippen LogP contribution in [-0.4, -0.2) is 34.6 Å². The highest BCUT2D eigenvalue weighted by molar-refractivity contribution is 7.80. The van der Waals surface area contributed by atoms with E-state index in [2.05, 4.69) is 5.32 Å². The molecule has 1 N–H and O–H groups in total. The van der Waals surface area contributed by atoms with Gasteiger partial charge in [0.2, 0.25) is 0 Å². The molecule has 1 aliphatic rings. The second kappa shape index (κ2) is 9.65. The standard InChI is InChI=1S/C25H19Cl2N3O4S/c1-13-11-16(14(2)29(13)17-9-7-15(8-10-17)24(33)34-3)12-18-22(31)28-25(35)30(23(18)32)20-6-4-5-19(26)21(20)27/h4-12H,1-3H3,(H,28,31,35)/b18-12+. The number of carbonyl (C=O) groups excluding carboxylic acids is 3. The molecule has 3 aromatic rings. The van der Waals surface area contributed by atoms with Gasteiger partial charge in [-0.3, -0.25) is 19.8 Å². The summed E-state index contributed by atoms with van der Waals surface area (Å²) >= 11 is 17.7. The zero-order valence-corrected chi connectivity index (χ0v) is 21.2. The largest absolute Gasteiger partial charge is 0.465 e. The molecule has 1 saturated heterocycles. The Morgan fingerprint density at radius 1 is 1.09 bits per heavy atom. The lowest BCUT2D eigenvalue weighted by Gasteiger charge is -2.29. The van der Waals surface area contributed by atoms with Gasteiger partial charge in [-0.15, -0.1) is 0 Å². The lowest BCUT2D eigenvalue weighted by Crippen LogP contribution is -2.54. The number of methoxy groups -OCH3 is 1. The Balaban J connectivity index is 1.74. The molecule has 0 bridgehead atoms. The molecule has 178 valence electrons. The van der Waals surface area contributed by atoms with Crippen LogP contribution < -0.4 is 10.2 Å². The molecule has 0 unspecified atom stereocenters. The summed E-state index contributed by atoms with van der Waals surface area (Å²) in [5.41, 5.74) is 3.75. The average Bonchev–Trinajstić information content (AvgIpc) is 3.11. The van der Waals surface area contributed by atoms with Crippen LogP contribution in [0.2, 0.25) is 10.0 Å². The maximum absolute atomic E-state index is 13.4. The fourth-order valence-electron chi connectivity index (χ4n) is 3.89. The predicted octanol–water partition coefficient (Wildman–Crippen LogP) is 5.02. The molecule has 0 radical (unpaired) electrons. The topological polar surface area (TPSA) is 80.6 Å². The van der Waals surface area contributed by atoms with Gasteiger partial charge in [-0.25, -0.2) is 4.79 Å². The maximum Gasteiger partial charge on any atom is 0.337 e. The van der Waals surface area contributed by atoms with Crippen LogP contribution in [-0.2, 0) is 14.3 Å². The van der Waals surface area contributed by atoms with Crippen LogP contribution >= 0.6 is 35.4 Å². The Bertz CT molecular complexity index is 1430. The second-order valence-electron chi connectivity index (χ2n) is 7.73. The Labute approximate surface area is 216 Å². The number of nitrogens with one attached hydrogen (secondary N) is 1. The van der Waals surface area contributed by atoms with Crippen molar-refractivity contribution < 1.29 is 19.1 Å². The fraction of sp³-hybridized carbons (Fsp3) is 0.120. The summed E-state index contributed by atoms with van der Waals surface area (Å²) in [4.78, 5) is 39.0. The minimum Gasteiger partial charge on any atom is -0.465 e. The fourth-order valence-corrected chi connectivity index (χ4v) is 4.55. The van der Waals surface area contributed by atoms with E-state index in [1.165, 1.54) is 13.2 Å².